The average molecular weight is 468 g/mol. The van der Waals surface area contributed by atoms with E-state index in [-0.39, 0.29) is 17.5 Å². The summed E-state index contributed by atoms with van der Waals surface area (Å²) in [7, 11) is 0. The minimum absolute atomic E-state index is 0.0000181. The van der Waals surface area contributed by atoms with E-state index in [9.17, 15) is 9.59 Å². The van der Waals surface area contributed by atoms with Crippen LogP contribution in [0.5, 0.6) is 0 Å². The van der Waals surface area contributed by atoms with E-state index in [1.165, 1.54) is 43.0 Å². The monoisotopic (exact) mass is 467 g/mol. The van der Waals surface area contributed by atoms with Crippen molar-refractivity contribution in [1.82, 2.24) is 24.6 Å². The first-order valence-corrected chi connectivity index (χ1v) is 13.0. The Hall–Kier alpha value is -2.61. The topological polar surface area (TPSA) is 81.8 Å². The first-order chi connectivity index (χ1) is 16.0. The van der Waals surface area contributed by atoms with Crippen LogP contribution in [0.25, 0.3) is 16.7 Å². The molecule has 0 aliphatic carbocycles. The van der Waals surface area contributed by atoms with E-state index in [1.807, 2.05) is 19.1 Å². The number of aromatic nitrogens is 4. The number of hydrogen-bond acceptors (Lipinski definition) is 5. The van der Waals surface area contributed by atoms with Crippen molar-refractivity contribution in [2.24, 2.45) is 0 Å². The molecule has 1 aromatic carbocycles. The molecule has 176 valence electrons. The van der Waals surface area contributed by atoms with Crippen LogP contribution in [0.15, 0.2) is 34.3 Å². The van der Waals surface area contributed by atoms with Crippen LogP contribution in [0.3, 0.4) is 0 Å². The third-order valence-corrected chi connectivity index (χ3v) is 7.32. The van der Waals surface area contributed by atoms with Crippen molar-refractivity contribution in [2.75, 3.05) is 12.3 Å². The standard InChI is InChI=1S/C25H33N5O2S/c1-4-5-6-7-8-9-12-26-22(31)14-19-16-33-25-28-23-20(24(32)29(19)25)15-27-30(23)21-11-10-17(2)13-18(21)3/h10-11,13,15,19H,4-9,12,14,16H2,1-3H3,(H,26,31). The summed E-state index contributed by atoms with van der Waals surface area (Å²) in [5.74, 6) is 0.677. The second-order valence-corrected chi connectivity index (χ2v) is 9.93. The van der Waals surface area contributed by atoms with Crippen molar-refractivity contribution in [3.63, 3.8) is 0 Å². The molecule has 0 saturated heterocycles. The van der Waals surface area contributed by atoms with Crippen LogP contribution in [-0.2, 0) is 4.79 Å². The van der Waals surface area contributed by atoms with Gasteiger partial charge in [-0.25, -0.2) is 9.67 Å². The number of unbranched alkanes of at least 4 members (excludes halogenated alkanes) is 5. The van der Waals surface area contributed by atoms with Gasteiger partial charge in [0.2, 0.25) is 5.91 Å². The summed E-state index contributed by atoms with van der Waals surface area (Å²) in [5.41, 5.74) is 3.62. The number of nitrogens with zero attached hydrogens (tertiary/aromatic N) is 4. The highest BCUT2D eigenvalue weighted by Gasteiger charge is 2.29. The summed E-state index contributed by atoms with van der Waals surface area (Å²) in [6, 6.07) is 5.96. The molecule has 0 fully saturated rings. The van der Waals surface area contributed by atoms with Gasteiger partial charge in [-0.15, -0.1) is 0 Å². The number of benzene rings is 1. The summed E-state index contributed by atoms with van der Waals surface area (Å²) in [6.07, 6.45) is 9.06. The molecule has 1 unspecified atom stereocenters. The second-order valence-electron chi connectivity index (χ2n) is 8.94. The first-order valence-electron chi connectivity index (χ1n) is 12.0. The van der Waals surface area contributed by atoms with Crippen LogP contribution >= 0.6 is 11.8 Å². The van der Waals surface area contributed by atoms with Gasteiger partial charge in [-0.05, 0) is 31.9 Å². The van der Waals surface area contributed by atoms with Gasteiger partial charge in [-0.2, -0.15) is 5.10 Å². The van der Waals surface area contributed by atoms with Gasteiger partial charge in [0.25, 0.3) is 5.56 Å². The zero-order chi connectivity index (χ0) is 23.4. The Balaban J connectivity index is 1.46. The van der Waals surface area contributed by atoms with Gasteiger partial charge in [0.05, 0.1) is 17.9 Å². The maximum absolute atomic E-state index is 13.3. The lowest BCUT2D eigenvalue weighted by molar-refractivity contribution is -0.121. The Morgan fingerprint density at radius 1 is 1.18 bits per heavy atom. The molecule has 0 bridgehead atoms. The highest BCUT2D eigenvalue weighted by Crippen LogP contribution is 2.33. The number of rotatable bonds is 10. The predicted octanol–water partition coefficient (Wildman–Crippen LogP) is 4.71. The molecule has 33 heavy (non-hydrogen) atoms. The molecule has 2 aromatic heterocycles. The van der Waals surface area contributed by atoms with Crippen LogP contribution in [0.2, 0.25) is 0 Å². The van der Waals surface area contributed by atoms with Crippen molar-refractivity contribution >= 4 is 28.7 Å². The fourth-order valence-electron chi connectivity index (χ4n) is 4.42. The number of carbonyl (C=O) groups excluding carboxylic acids is 1. The Morgan fingerprint density at radius 3 is 2.76 bits per heavy atom. The minimum atomic E-state index is -0.177. The lowest BCUT2D eigenvalue weighted by atomic mass is 10.1. The Labute approximate surface area is 199 Å². The molecular formula is C25H33N5O2S. The largest absolute Gasteiger partial charge is 0.356 e. The van der Waals surface area contributed by atoms with Gasteiger partial charge in [-0.3, -0.25) is 14.2 Å². The van der Waals surface area contributed by atoms with Crippen molar-refractivity contribution in [3.8, 4) is 5.69 Å². The number of thioether (sulfide) groups is 1. The number of fused-ring (bicyclic) bond motifs is 2. The molecule has 7 nitrogen and oxygen atoms in total. The number of aryl methyl sites for hydroxylation is 2. The molecule has 1 atom stereocenters. The van der Waals surface area contributed by atoms with Crippen LogP contribution in [0, 0.1) is 13.8 Å². The normalized spacial score (nSPS) is 15.2. The lowest BCUT2D eigenvalue weighted by Crippen LogP contribution is -2.31. The molecule has 0 saturated carbocycles. The van der Waals surface area contributed by atoms with E-state index in [1.54, 1.807) is 15.4 Å². The maximum atomic E-state index is 13.3. The summed E-state index contributed by atoms with van der Waals surface area (Å²) >= 11 is 1.53. The number of hydrogen-bond donors (Lipinski definition) is 1. The van der Waals surface area contributed by atoms with Crippen LogP contribution in [0.1, 0.15) is 69.0 Å². The van der Waals surface area contributed by atoms with Crippen molar-refractivity contribution in [1.29, 1.82) is 0 Å². The smallest absolute Gasteiger partial charge is 0.265 e. The highest BCUT2D eigenvalue weighted by atomic mass is 32.2. The van der Waals surface area contributed by atoms with Crippen molar-refractivity contribution in [3.05, 3.63) is 45.9 Å². The molecule has 4 rings (SSSR count). The molecule has 1 amide bonds. The number of amides is 1. The van der Waals surface area contributed by atoms with E-state index in [0.717, 1.165) is 24.1 Å². The van der Waals surface area contributed by atoms with Gasteiger partial charge in [0.1, 0.15) is 5.39 Å². The van der Waals surface area contributed by atoms with Crippen molar-refractivity contribution < 1.29 is 4.79 Å². The quantitative estimate of drug-likeness (QED) is 0.345. The summed E-state index contributed by atoms with van der Waals surface area (Å²) in [6.45, 7) is 7.00. The first kappa shape index (κ1) is 23.5. The lowest BCUT2D eigenvalue weighted by Gasteiger charge is -2.14. The van der Waals surface area contributed by atoms with Gasteiger partial charge < -0.3 is 5.32 Å². The molecule has 0 spiro atoms. The van der Waals surface area contributed by atoms with E-state index >= 15 is 0 Å². The zero-order valence-electron chi connectivity index (χ0n) is 19.8. The van der Waals surface area contributed by atoms with Gasteiger partial charge >= 0.3 is 0 Å². The van der Waals surface area contributed by atoms with E-state index < -0.39 is 0 Å². The fraction of sp³-hybridized carbons (Fsp3) is 0.520. The van der Waals surface area contributed by atoms with Crippen molar-refractivity contribution in [2.45, 2.75) is 76.9 Å². The third kappa shape index (κ3) is 5.16. The SMILES string of the molecule is CCCCCCCCNC(=O)CC1CSc2nc3c(cnn3-c3ccc(C)cc3C)c(=O)n21. The predicted molar refractivity (Wildman–Crippen MR) is 133 cm³/mol. The van der Waals surface area contributed by atoms with Gasteiger partial charge in [0.15, 0.2) is 10.8 Å². The molecule has 3 heterocycles. The van der Waals surface area contributed by atoms with Gasteiger partial charge in [0, 0.05) is 18.7 Å². The summed E-state index contributed by atoms with van der Waals surface area (Å²) < 4.78 is 3.43. The molecule has 1 N–H and O–H groups in total. The third-order valence-electron chi connectivity index (χ3n) is 6.22. The van der Waals surface area contributed by atoms with Crippen LogP contribution < -0.4 is 10.9 Å². The Bertz CT molecular complexity index is 1200. The molecule has 1 aliphatic heterocycles. The second kappa shape index (κ2) is 10.5. The summed E-state index contributed by atoms with van der Waals surface area (Å²) in [5, 5.41) is 8.64. The Kier molecular flexibility index (Phi) is 7.53. The number of nitrogens with one attached hydrogen (secondary N) is 1. The Morgan fingerprint density at radius 2 is 1.97 bits per heavy atom. The molecule has 3 aromatic rings. The zero-order valence-corrected chi connectivity index (χ0v) is 20.6. The molecular weight excluding hydrogens is 434 g/mol. The number of carbonyl (C=O) groups is 1. The fourth-order valence-corrected chi connectivity index (χ4v) is 5.55. The maximum Gasteiger partial charge on any atom is 0.265 e. The van der Waals surface area contributed by atoms with Gasteiger partial charge in [-0.1, -0.05) is 68.5 Å². The minimum Gasteiger partial charge on any atom is -0.356 e. The van der Waals surface area contributed by atoms with E-state index in [0.29, 0.717) is 34.9 Å². The highest BCUT2D eigenvalue weighted by molar-refractivity contribution is 7.99. The van der Waals surface area contributed by atoms with E-state index in [4.69, 9.17) is 4.98 Å². The molecule has 8 heteroatoms. The summed E-state index contributed by atoms with van der Waals surface area (Å²) in [4.78, 5) is 30.6. The van der Waals surface area contributed by atoms with Crippen LogP contribution in [0.4, 0.5) is 0 Å². The molecule has 1 aliphatic rings. The molecule has 0 radical (unpaired) electrons. The van der Waals surface area contributed by atoms with Crippen LogP contribution in [-0.4, -0.2) is 37.5 Å². The average Bonchev–Trinajstić information content (AvgIpc) is 3.38. The van der Waals surface area contributed by atoms with E-state index in [2.05, 4.69) is 30.3 Å².